The van der Waals surface area contributed by atoms with Gasteiger partial charge in [0.15, 0.2) is 0 Å². The molecular formula is C31H23Cl2Hf. The van der Waals surface area contributed by atoms with Crippen molar-refractivity contribution in [2.45, 2.75) is 16.5 Å². The second kappa shape index (κ2) is 10.2. The number of hydrogen-bond donors (Lipinski definition) is 0. The summed E-state index contributed by atoms with van der Waals surface area (Å²) in [6.07, 6.45) is 0. The van der Waals surface area contributed by atoms with Crippen LogP contribution in [0.5, 0.6) is 0 Å². The molecule has 0 saturated carbocycles. The Labute approximate surface area is 229 Å². The van der Waals surface area contributed by atoms with E-state index in [1.807, 2.05) is 0 Å². The van der Waals surface area contributed by atoms with E-state index in [1.165, 1.54) is 55.7 Å². The second-order valence-corrected chi connectivity index (χ2v) is 10.7. The Bertz CT molecular complexity index is 1390. The molecule has 34 heavy (non-hydrogen) atoms. The number of benzene rings is 4. The zero-order chi connectivity index (χ0) is 21.7. The monoisotopic (exact) mass is 645 g/mol. The Hall–Kier alpha value is -2.19. The van der Waals surface area contributed by atoms with Crippen LogP contribution in [0.1, 0.15) is 49.9 Å². The van der Waals surface area contributed by atoms with Crippen LogP contribution in [0, 0.1) is 0 Å². The van der Waals surface area contributed by atoms with Gasteiger partial charge in [0.25, 0.3) is 0 Å². The van der Waals surface area contributed by atoms with E-state index in [0.29, 0.717) is 3.67 Å². The molecule has 0 fully saturated rings. The van der Waals surface area contributed by atoms with Crippen molar-refractivity contribution < 1.29 is 49.2 Å². The quantitative estimate of drug-likeness (QED) is 0.300. The fraction of sp³-hybridized carbons (Fsp3) is 0.0968. The van der Waals surface area contributed by atoms with Gasteiger partial charge < -0.3 is 24.8 Å². The van der Waals surface area contributed by atoms with Crippen LogP contribution in [-0.4, -0.2) is 0 Å². The molecule has 2 aliphatic carbocycles. The molecule has 2 unspecified atom stereocenters. The van der Waals surface area contributed by atoms with Crippen molar-refractivity contribution in [2.75, 3.05) is 0 Å². The molecule has 0 N–H and O–H groups in total. The predicted octanol–water partition coefficient (Wildman–Crippen LogP) is 1.94. The van der Waals surface area contributed by atoms with Gasteiger partial charge in [0.05, 0.1) is 0 Å². The Morgan fingerprint density at radius 1 is 0.500 bits per heavy atom. The van der Waals surface area contributed by atoms with Crippen molar-refractivity contribution in [3.05, 3.63) is 143 Å². The van der Waals surface area contributed by atoms with Gasteiger partial charge in [0.1, 0.15) is 0 Å². The fourth-order valence-corrected chi connectivity index (χ4v) is 7.67. The van der Waals surface area contributed by atoms with Gasteiger partial charge in [-0.3, -0.25) is 0 Å². The van der Waals surface area contributed by atoms with Crippen LogP contribution < -0.4 is 24.8 Å². The minimum Gasteiger partial charge on any atom is -1.00 e. The van der Waals surface area contributed by atoms with Crippen LogP contribution in [0.4, 0.5) is 0 Å². The maximum atomic E-state index is 2.35. The smallest absolute Gasteiger partial charge is 1.00 e. The molecule has 2 atom stereocenters. The number of halogens is 2. The molecule has 0 radical (unpaired) electrons. The molecule has 0 bridgehead atoms. The molecule has 4 aromatic carbocycles. The normalized spacial score (nSPS) is 18.2. The summed E-state index contributed by atoms with van der Waals surface area (Å²) in [7, 11) is 0. The molecule has 0 saturated heterocycles. The summed E-state index contributed by atoms with van der Waals surface area (Å²) in [5.41, 5.74) is 14.4. The maximum Gasteiger partial charge on any atom is -1.00 e. The van der Waals surface area contributed by atoms with E-state index in [1.54, 1.807) is 0 Å². The van der Waals surface area contributed by atoms with Crippen molar-refractivity contribution in [3.8, 4) is 0 Å². The summed E-state index contributed by atoms with van der Waals surface area (Å²) >= 11 is 1.10. The molecule has 165 valence electrons. The first-order valence-corrected chi connectivity index (χ1v) is 13.3. The summed E-state index contributed by atoms with van der Waals surface area (Å²) in [6.45, 7) is 2.31. The van der Waals surface area contributed by atoms with Crippen molar-refractivity contribution in [2.24, 2.45) is 0 Å². The Balaban J connectivity index is 0.00000137. The zero-order valence-corrected chi connectivity index (χ0v) is 23.9. The van der Waals surface area contributed by atoms with Gasteiger partial charge in [-0.25, -0.2) is 0 Å². The Morgan fingerprint density at radius 2 is 0.971 bits per heavy atom. The van der Waals surface area contributed by atoms with Gasteiger partial charge in [0, 0.05) is 0 Å². The average Bonchev–Trinajstić information content (AvgIpc) is 3.31. The van der Waals surface area contributed by atoms with E-state index in [2.05, 4.69) is 116 Å². The molecular weight excluding hydrogens is 622 g/mol. The van der Waals surface area contributed by atoms with Crippen LogP contribution in [0.15, 0.2) is 109 Å². The van der Waals surface area contributed by atoms with Gasteiger partial charge in [-0.15, -0.1) is 0 Å². The Morgan fingerprint density at radius 3 is 1.59 bits per heavy atom. The average molecular weight is 645 g/mol. The third-order valence-electron chi connectivity index (χ3n) is 6.97. The van der Waals surface area contributed by atoms with Crippen LogP contribution in [-0.2, 0) is 24.4 Å². The topological polar surface area (TPSA) is 0 Å². The van der Waals surface area contributed by atoms with Gasteiger partial charge in [-0.1, -0.05) is 0 Å². The third-order valence-corrected chi connectivity index (χ3v) is 9.12. The minimum absolute atomic E-state index is 0. The maximum absolute atomic E-state index is 2.35. The second-order valence-electron chi connectivity index (χ2n) is 8.64. The summed E-state index contributed by atoms with van der Waals surface area (Å²) in [6, 6.07) is 40.2. The summed E-state index contributed by atoms with van der Waals surface area (Å²) in [4.78, 5) is 0. The molecule has 0 nitrogen and oxygen atoms in total. The summed E-state index contributed by atoms with van der Waals surface area (Å²) in [5.74, 6) is 0.254. The summed E-state index contributed by atoms with van der Waals surface area (Å²) in [5, 5.41) is 0. The number of rotatable bonds is 3. The molecule has 0 amide bonds. The molecule has 3 heteroatoms. The molecule has 0 aromatic heterocycles. The summed E-state index contributed by atoms with van der Waals surface area (Å²) < 4.78 is 0.508. The molecule has 2 aliphatic rings. The van der Waals surface area contributed by atoms with Crippen LogP contribution in [0.3, 0.4) is 0 Å². The molecule has 6 rings (SSSR count). The first-order chi connectivity index (χ1) is 15.8. The molecule has 0 heterocycles. The minimum atomic E-state index is 0. The molecule has 0 aliphatic heterocycles. The first kappa shape index (κ1) is 24.9. The van der Waals surface area contributed by atoms with Crippen molar-refractivity contribution in [1.29, 1.82) is 0 Å². The standard InChI is InChI=1S/C31H23.2ClH.Hf/c1-21-25-17-10-11-19-27(25)31(29(21)23-14-6-3-7-15-23)30-26-18-9-8-16-24(26)20-28(30)22-12-4-2-5-13-22;;;/h2-20,31H,1H3;2*1H;/q;;;+2/p-2. The SMILES string of the molecule is CC1=C(c2ccccc2)C(C2=C(c3ccccc3)[CH]([Hf+2])c3ccccc32)c2ccccc21.[Cl-].[Cl-]. The third kappa shape index (κ3) is 3.88. The largest absolute Gasteiger partial charge is 1.00 e. The van der Waals surface area contributed by atoms with Crippen LogP contribution in [0.2, 0.25) is 0 Å². The predicted molar refractivity (Wildman–Crippen MR) is 131 cm³/mol. The van der Waals surface area contributed by atoms with E-state index >= 15 is 0 Å². The van der Waals surface area contributed by atoms with Crippen molar-refractivity contribution in [3.63, 3.8) is 0 Å². The fourth-order valence-electron chi connectivity index (χ4n) is 5.61. The van der Waals surface area contributed by atoms with Gasteiger partial charge >= 0.3 is 206 Å². The number of allylic oxidation sites excluding steroid dienone is 4. The van der Waals surface area contributed by atoms with Crippen molar-refractivity contribution >= 4 is 22.3 Å². The molecule has 4 aromatic rings. The van der Waals surface area contributed by atoms with Gasteiger partial charge in [-0.05, 0) is 0 Å². The number of hydrogen-bond acceptors (Lipinski definition) is 0. The van der Waals surface area contributed by atoms with E-state index in [0.717, 1.165) is 24.4 Å². The van der Waals surface area contributed by atoms with E-state index < -0.39 is 0 Å². The zero-order valence-electron chi connectivity index (χ0n) is 18.8. The van der Waals surface area contributed by atoms with Gasteiger partial charge in [-0.2, -0.15) is 0 Å². The van der Waals surface area contributed by atoms with Crippen LogP contribution in [0.25, 0.3) is 22.3 Å². The Kier molecular flexibility index (Phi) is 7.48. The van der Waals surface area contributed by atoms with E-state index in [-0.39, 0.29) is 30.7 Å². The van der Waals surface area contributed by atoms with Crippen molar-refractivity contribution in [1.82, 2.24) is 0 Å². The molecule has 0 spiro atoms. The van der Waals surface area contributed by atoms with Crippen LogP contribution >= 0.6 is 0 Å². The van der Waals surface area contributed by atoms with E-state index in [4.69, 9.17) is 0 Å². The first-order valence-electron chi connectivity index (χ1n) is 11.2. The number of fused-ring (bicyclic) bond motifs is 2. The van der Waals surface area contributed by atoms with E-state index in [9.17, 15) is 0 Å². The van der Waals surface area contributed by atoms with Gasteiger partial charge in [0.2, 0.25) is 0 Å².